The van der Waals surface area contributed by atoms with Gasteiger partial charge >= 0.3 is 17.9 Å². The van der Waals surface area contributed by atoms with Gasteiger partial charge in [0.25, 0.3) is 0 Å². The molecule has 0 aromatic heterocycles. The maximum Gasteiger partial charge on any atom is 0.306 e. The van der Waals surface area contributed by atoms with E-state index in [0.29, 0.717) is 19.3 Å². The summed E-state index contributed by atoms with van der Waals surface area (Å²) in [6, 6.07) is 0. The maximum absolute atomic E-state index is 13.0. The van der Waals surface area contributed by atoms with Gasteiger partial charge in [0.05, 0.1) is 0 Å². The summed E-state index contributed by atoms with van der Waals surface area (Å²) in [6.07, 6.45) is 94.3. The number of rotatable bonds is 64. The van der Waals surface area contributed by atoms with Gasteiger partial charge in [-0.2, -0.15) is 0 Å². The Morgan fingerprint density at radius 1 is 0.256 bits per heavy atom. The molecule has 0 radical (unpaired) electrons. The van der Waals surface area contributed by atoms with Crippen LogP contribution in [0.1, 0.15) is 348 Å². The molecule has 1 unspecified atom stereocenters. The lowest BCUT2D eigenvalue weighted by atomic mass is 10.0. The highest BCUT2D eigenvalue weighted by Crippen LogP contribution is 2.17. The Hall–Kier alpha value is -3.67. The number of ether oxygens (including phenoxy) is 3. The molecule has 0 aromatic carbocycles. The molecule has 6 nitrogen and oxygen atoms in total. The molecule has 82 heavy (non-hydrogen) atoms. The zero-order valence-electron chi connectivity index (χ0n) is 54.2. The molecule has 0 N–H and O–H groups in total. The molecule has 0 heterocycles. The predicted molar refractivity (Wildman–Crippen MR) is 357 cm³/mol. The number of allylic oxidation sites excluding steroid dienone is 16. The summed E-state index contributed by atoms with van der Waals surface area (Å²) >= 11 is 0. The summed E-state index contributed by atoms with van der Waals surface area (Å²) < 4.78 is 17.0. The fourth-order valence-electron chi connectivity index (χ4n) is 10.1. The SMILES string of the molecule is CC/C=C\C/C=C\C/C=C\C/C=C\C/C=C\C/C=C\C/C=C\CCCCCC(=O)OCC(COC(=O)CCCCCCCCCCCCCCCC)OC(=O)CCCCCCCCCCCCCCC/C=C\CCCCCCCCCC. The minimum absolute atomic E-state index is 0.0849. The van der Waals surface area contributed by atoms with Gasteiger partial charge in [-0.15, -0.1) is 0 Å². The van der Waals surface area contributed by atoms with Crippen LogP contribution in [0.15, 0.2) is 97.2 Å². The number of carbonyl (C=O) groups excluding carboxylic acids is 3. The molecule has 0 aliphatic heterocycles. The van der Waals surface area contributed by atoms with Crippen molar-refractivity contribution in [1.82, 2.24) is 0 Å². The third-order valence-electron chi connectivity index (χ3n) is 15.3. The predicted octanol–water partition coefficient (Wildman–Crippen LogP) is 24.4. The van der Waals surface area contributed by atoms with E-state index in [9.17, 15) is 14.4 Å². The van der Waals surface area contributed by atoms with E-state index in [1.165, 1.54) is 199 Å². The molecule has 0 aromatic rings. The van der Waals surface area contributed by atoms with Crippen LogP contribution in [0, 0.1) is 0 Å². The molecule has 0 saturated carbocycles. The number of unbranched alkanes of at least 4 members (excludes halogenated alkanes) is 37. The average Bonchev–Trinajstić information content (AvgIpc) is 3.47. The number of carbonyl (C=O) groups is 3. The van der Waals surface area contributed by atoms with Crippen molar-refractivity contribution in [2.24, 2.45) is 0 Å². The van der Waals surface area contributed by atoms with Gasteiger partial charge in [0.1, 0.15) is 13.2 Å². The molecule has 472 valence electrons. The second-order valence-electron chi connectivity index (χ2n) is 23.4. The second-order valence-corrected chi connectivity index (χ2v) is 23.4. The highest BCUT2D eigenvalue weighted by Gasteiger charge is 2.19. The first-order valence-electron chi connectivity index (χ1n) is 35.2. The summed E-state index contributed by atoms with van der Waals surface area (Å²) in [5.74, 6) is -0.902. The Balaban J connectivity index is 4.37. The van der Waals surface area contributed by atoms with Crippen molar-refractivity contribution in [2.45, 2.75) is 354 Å². The number of hydrogen-bond acceptors (Lipinski definition) is 6. The van der Waals surface area contributed by atoms with Gasteiger partial charge in [0, 0.05) is 19.3 Å². The van der Waals surface area contributed by atoms with Crippen LogP contribution in [0.2, 0.25) is 0 Å². The van der Waals surface area contributed by atoms with Crippen molar-refractivity contribution in [3.8, 4) is 0 Å². The van der Waals surface area contributed by atoms with Gasteiger partial charge in [0.2, 0.25) is 0 Å². The minimum atomic E-state index is -0.792. The van der Waals surface area contributed by atoms with Gasteiger partial charge in [0.15, 0.2) is 6.10 Å². The minimum Gasteiger partial charge on any atom is -0.462 e. The van der Waals surface area contributed by atoms with E-state index in [1.54, 1.807) is 0 Å². The molecule has 0 aliphatic carbocycles. The van der Waals surface area contributed by atoms with Crippen LogP contribution < -0.4 is 0 Å². The van der Waals surface area contributed by atoms with E-state index < -0.39 is 6.10 Å². The molecule has 0 bridgehead atoms. The van der Waals surface area contributed by atoms with E-state index >= 15 is 0 Å². The van der Waals surface area contributed by atoms with Crippen LogP contribution in [0.25, 0.3) is 0 Å². The van der Waals surface area contributed by atoms with Crippen molar-refractivity contribution in [2.75, 3.05) is 13.2 Å². The van der Waals surface area contributed by atoms with E-state index in [0.717, 1.165) is 109 Å². The summed E-state index contributed by atoms with van der Waals surface area (Å²) in [5.41, 5.74) is 0. The molecule has 0 rings (SSSR count). The van der Waals surface area contributed by atoms with Crippen LogP contribution in [0.3, 0.4) is 0 Å². The van der Waals surface area contributed by atoms with Crippen molar-refractivity contribution in [3.05, 3.63) is 97.2 Å². The monoisotopic (exact) mass is 1140 g/mol. The molecule has 0 spiro atoms. The molecular weight excluding hydrogens is 1010 g/mol. The fourth-order valence-corrected chi connectivity index (χ4v) is 10.1. The van der Waals surface area contributed by atoms with E-state index in [2.05, 4.69) is 118 Å². The Bertz CT molecular complexity index is 1590. The van der Waals surface area contributed by atoms with Gasteiger partial charge in [-0.1, -0.05) is 323 Å². The summed E-state index contributed by atoms with van der Waals surface area (Å²) in [7, 11) is 0. The first-order valence-corrected chi connectivity index (χ1v) is 35.2. The molecule has 0 amide bonds. The Morgan fingerprint density at radius 2 is 0.476 bits per heavy atom. The van der Waals surface area contributed by atoms with Crippen LogP contribution in [-0.2, 0) is 28.6 Å². The number of hydrogen-bond donors (Lipinski definition) is 0. The van der Waals surface area contributed by atoms with Crippen LogP contribution in [-0.4, -0.2) is 37.2 Å². The summed E-state index contributed by atoms with van der Waals surface area (Å²) in [6.45, 7) is 6.54. The van der Waals surface area contributed by atoms with Crippen molar-refractivity contribution in [1.29, 1.82) is 0 Å². The molecule has 6 heteroatoms. The lowest BCUT2D eigenvalue weighted by Gasteiger charge is -2.18. The van der Waals surface area contributed by atoms with Crippen LogP contribution in [0.4, 0.5) is 0 Å². The molecule has 0 aliphatic rings. The van der Waals surface area contributed by atoms with Crippen LogP contribution in [0.5, 0.6) is 0 Å². The van der Waals surface area contributed by atoms with Gasteiger partial charge in [-0.05, 0) is 103 Å². The Labute approximate surface area is 508 Å². The van der Waals surface area contributed by atoms with Crippen molar-refractivity contribution < 1.29 is 28.6 Å². The first kappa shape index (κ1) is 78.3. The third kappa shape index (κ3) is 67.1. The molecule has 0 saturated heterocycles. The normalized spacial score (nSPS) is 12.7. The van der Waals surface area contributed by atoms with Gasteiger partial charge in [-0.3, -0.25) is 14.4 Å². The zero-order chi connectivity index (χ0) is 59.2. The van der Waals surface area contributed by atoms with E-state index in [-0.39, 0.29) is 31.1 Å². The van der Waals surface area contributed by atoms with E-state index in [1.807, 2.05) is 0 Å². The lowest BCUT2D eigenvalue weighted by molar-refractivity contribution is -0.167. The van der Waals surface area contributed by atoms with Crippen molar-refractivity contribution in [3.63, 3.8) is 0 Å². The van der Waals surface area contributed by atoms with E-state index in [4.69, 9.17) is 14.2 Å². The fraction of sp³-hybridized carbons (Fsp3) is 0.750. The Morgan fingerprint density at radius 3 is 0.768 bits per heavy atom. The highest BCUT2D eigenvalue weighted by atomic mass is 16.6. The zero-order valence-corrected chi connectivity index (χ0v) is 54.2. The number of esters is 3. The third-order valence-corrected chi connectivity index (χ3v) is 15.3. The maximum atomic E-state index is 13.0. The van der Waals surface area contributed by atoms with Gasteiger partial charge in [-0.25, -0.2) is 0 Å². The standard InChI is InChI=1S/C76H132O6/c1-4-7-10-13-16-19-22-25-28-30-32-34-36-38-40-42-44-46-48-51-54-57-60-63-66-69-75(78)81-72-73(71-80-74(77)68-65-62-59-56-53-50-27-24-21-18-15-12-9-6-3)82-76(79)70-67-64-61-58-55-52-49-47-45-43-41-39-37-35-33-31-29-26-23-20-17-14-11-8-5-2/h7,10,16,19,25,28,31-34,38,40,44,46,51,54,73H,4-6,8-9,11-15,17-18,20-24,26-27,29-30,35-37,39,41-43,45,47-50,52-53,55-72H2,1-3H3/b10-7-,19-16-,28-25-,33-31-,34-32-,40-38-,46-44-,54-51-. The largest absolute Gasteiger partial charge is 0.462 e. The van der Waals surface area contributed by atoms with Crippen LogP contribution >= 0.6 is 0 Å². The molecule has 0 fully saturated rings. The summed E-state index contributed by atoms with van der Waals surface area (Å²) in [5, 5.41) is 0. The topological polar surface area (TPSA) is 78.9 Å². The second kappa shape index (κ2) is 69.8. The Kier molecular flexibility index (Phi) is 66.7. The smallest absolute Gasteiger partial charge is 0.306 e. The summed E-state index contributed by atoms with van der Waals surface area (Å²) in [4.78, 5) is 38.4. The van der Waals surface area contributed by atoms with Gasteiger partial charge < -0.3 is 14.2 Å². The average molecular weight is 1140 g/mol. The lowest BCUT2D eigenvalue weighted by Crippen LogP contribution is -2.30. The van der Waals surface area contributed by atoms with Crippen molar-refractivity contribution >= 4 is 17.9 Å². The first-order chi connectivity index (χ1) is 40.5. The molecule has 1 atom stereocenters. The molecular formula is C76H132O6. The quantitative estimate of drug-likeness (QED) is 0.0261. The highest BCUT2D eigenvalue weighted by molar-refractivity contribution is 5.71.